The van der Waals surface area contributed by atoms with Crippen LogP contribution in [-0.4, -0.2) is 32.0 Å². The maximum Gasteiger partial charge on any atom is 0.293 e. The highest BCUT2D eigenvalue weighted by molar-refractivity contribution is 5.77. The Morgan fingerprint density at radius 1 is 1.00 bits per heavy atom. The summed E-state index contributed by atoms with van der Waals surface area (Å²) in [5.41, 5.74) is 0.647. The third kappa shape index (κ3) is 2.94. The molecule has 0 spiro atoms. The Morgan fingerprint density at radius 2 is 1.67 bits per heavy atom. The highest BCUT2D eigenvalue weighted by Gasteiger charge is 2.22. The number of nitrogens with zero attached hydrogens (tertiary/aromatic N) is 5. The van der Waals surface area contributed by atoms with Crippen molar-refractivity contribution in [2.45, 2.75) is 25.8 Å². The molecule has 2 aromatic heterocycles. The van der Waals surface area contributed by atoms with Crippen molar-refractivity contribution in [3.63, 3.8) is 0 Å². The van der Waals surface area contributed by atoms with Crippen molar-refractivity contribution in [1.29, 1.82) is 0 Å². The predicted molar refractivity (Wildman–Crippen MR) is 102 cm³/mol. The Hall–Kier alpha value is -2.90. The van der Waals surface area contributed by atoms with Crippen LogP contribution >= 0.6 is 0 Å². The molecule has 0 radical (unpaired) electrons. The molecule has 0 aliphatic carbocycles. The number of aromatic nitrogens is 4. The number of fused-ring (bicyclic) bond motifs is 1. The van der Waals surface area contributed by atoms with Gasteiger partial charge in [-0.3, -0.25) is 9.59 Å². The maximum atomic E-state index is 13.1. The smallest absolute Gasteiger partial charge is 0.293 e. The monoisotopic (exact) mass is 371 g/mol. The topological polar surface area (TPSA) is 65.1 Å². The Balaban J connectivity index is 1.86. The lowest BCUT2D eigenvalue weighted by Crippen LogP contribution is -2.38. The molecule has 0 N–H and O–H groups in total. The first-order valence-electron chi connectivity index (χ1n) is 9.13. The molecule has 1 aliphatic rings. The summed E-state index contributed by atoms with van der Waals surface area (Å²) >= 11 is 0. The molecule has 1 aromatic carbocycles. The van der Waals surface area contributed by atoms with Crippen LogP contribution in [0.3, 0.4) is 0 Å². The second kappa shape index (κ2) is 6.68. The van der Waals surface area contributed by atoms with Gasteiger partial charge in [0.2, 0.25) is 5.95 Å². The lowest BCUT2D eigenvalue weighted by Gasteiger charge is -2.27. The van der Waals surface area contributed by atoms with E-state index >= 15 is 0 Å². The number of piperidine rings is 1. The molecule has 0 atom stereocenters. The minimum atomic E-state index is -0.340. The number of benzene rings is 1. The summed E-state index contributed by atoms with van der Waals surface area (Å²) < 4.78 is 17.5. The van der Waals surface area contributed by atoms with E-state index in [1.807, 2.05) is 0 Å². The highest BCUT2D eigenvalue weighted by Crippen LogP contribution is 2.20. The molecule has 0 amide bonds. The van der Waals surface area contributed by atoms with Gasteiger partial charge >= 0.3 is 0 Å². The molecule has 1 saturated heterocycles. The standard InChI is InChI=1S/C19H22FN5O2/c1-22-16-15(21-19(22)24-10-4-3-5-11-24)17(26)23(2)25(18(16)27)12-13-6-8-14(20)9-7-13/h6-9H,3-5,10-12H2,1-2H3. The largest absolute Gasteiger partial charge is 0.342 e. The third-order valence-electron chi connectivity index (χ3n) is 5.25. The zero-order valence-corrected chi connectivity index (χ0v) is 15.5. The van der Waals surface area contributed by atoms with Crippen molar-refractivity contribution >= 4 is 17.0 Å². The minimum Gasteiger partial charge on any atom is -0.342 e. The third-order valence-corrected chi connectivity index (χ3v) is 5.25. The van der Waals surface area contributed by atoms with Crippen LogP contribution in [0.2, 0.25) is 0 Å². The van der Waals surface area contributed by atoms with Crippen LogP contribution in [0.15, 0.2) is 33.9 Å². The van der Waals surface area contributed by atoms with Crippen molar-refractivity contribution in [3.05, 3.63) is 56.4 Å². The Labute approximate surface area is 155 Å². The van der Waals surface area contributed by atoms with E-state index in [2.05, 4.69) is 9.88 Å². The molecule has 0 bridgehead atoms. The first kappa shape index (κ1) is 17.5. The molecule has 27 heavy (non-hydrogen) atoms. The van der Waals surface area contributed by atoms with Crippen LogP contribution in [-0.2, 0) is 20.6 Å². The zero-order valence-electron chi connectivity index (χ0n) is 15.5. The van der Waals surface area contributed by atoms with Crippen molar-refractivity contribution < 1.29 is 4.39 Å². The predicted octanol–water partition coefficient (Wildman–Crippen LogP) is 1.61. The molecule has 0 saturated carbocycles. The van der Waals surface area contributed by atoms with Gasteiger partial charge in [-0.2, -0.15) is 0 Å². The molecule has 142 valence electrons. The number of hydrogen-bond acceptors (Lipinski definition) is 4. The maximum absolute atomic E-state index is 13.1. The van der Waals surface area contributed by atoms with Crippen molar-refractivity contribution in [2.75, 3.05) is 18.0 Å². The van der Waals surface area contributed by atoms with Gasteiger partial charge < -0.3 is 9.47 Å². The number of imidazole rings is 1. The van der Waals surface area contributed by atoms with E-state index in [4.69, 9.17) is 0 Å². The fraction of sp³-hybridized carbons (Fsp3) is 0.421. The van der Waals surface area contributed by atoms with E-state index in [1.54, 1.807) is 30.8 Å². The Kier molecular flexibility index (Phi) is 4.33. The quantitative estimate of drug-likeness (QED) is 0.702. The van der Waals surface area contributed by atoms with Crippen molar-refractivity contribution in [1.82, 2.24) is 18.9 Å². The summed E-state index contributed by atoms with van der Waals surface area (Å²) in [6, 6.07) is 5.91. The SMILES string of the molecule is Cn1c(N2CCCCC2)nc2c(=O)n(C)n(Cc3ccc(F)cc3)c(=O)c21. The molecule has 7 nitrogen and oxygen atoms in total. The fourth-order valence-corrected chi connectivity index (χ4v) is 3.72. The van der Waals surface area contributed by atoms with Gasteiger partial charge in [0, 0.05) is 27.2 Å². The lowest BCUT2D eigenvalue weighted by molar-refractivity contribution is 0.501. The van der Waals surface area contributed by atoms with Gasteiger partial charge in [0.15, 0.2) is 5.52 Å². The van der Waals surface area contributed by atoms with Crippen LogP contribution in [0.25, 0.3) is 11.0 Å². The minimum absolute atomic E-state index is 0.186. The molecule has 8 heteroatoms. The summed E-state index contributed by atoms with van der Waals surface area (Å²) in [7, 11) is 3.34. The Bertz CT molecular complexity index is 1100. The highest BCUT2D eigenvalue weighted by atomic mass is 19.1. The van der Waals surface area contributed by atoms with Crippen molar-refractivity contribution in [2.24, 2.45) is 14.1 Å². The number of hydrogen-bond donors (Lipinski definition) is 0. The van der Waals surface area contributed by atoms with Crippen LogP contribution in [0.1, 0.15) is 24.8 Å². The van der Waals surface area contributed by atoms with E-state index in [-0.39, 0.29) is 29.0 Å². The van der Waals surface area contributed by atoms with Crippen molar-refractivity contribution in [3.8, 4) is 0 Å². The van der Waals surface area contributed by atoms with E-state index in [1.165, 1.54) is 27.9 Å². The van der Waals surface area contributed by atoms with Gasteiger partial charge in [-0.25, -0.2) is 18.7 Å². The van der Waals surface area contributed by atoms with Gasteiger partial charge in [-0.05, 0) is 37.0 Å². The number of aryl methyl sites for hydroxylation is 1. The molecule has 3 aromatic rings. The van der Waals surface area contributed by atoms with Gasteiger partial charge in [0.25, 0.3) is 11.1 Å². The van der Waals surface area contributed by atoms with Gasteiger partial charge in [-0.1, -0.05) is 12.1 Å². The van der Waals surface area contributed by atoms with Crippen LogP contribution in [0.5, 0.6) is 0 Å². The van der Waals surface area contributed by atoms with E-state index in [0.29, 0.717) is 11.5 Å². The molecule has 1 fully saturated rings. The molecule has 0 unspecified atom stereocenters. The number of rotatable bonds is 3. The van der Waals surface area contributed by atoms with E-state index < -0.39 is 0 Å². The van der Waals surface area contributed by atoms with Gasteiger partial charge in [0.05, 0.1) is 6.54 Å². The molecule has 4 rings (SSSR count). The first-order valence-corrected chi connectivity index (χ1v) is 9.13. The molecule has 1 aliphatic heterocycles. The average Bonchev–Trinajstić information content (AvgIpc) is 3.03. The lowest BCUT2D eigenvalue weighted by atomic mass is 10.1. The molecular formula is C19H22FN5O2. The average molecular weight is 371 g/mol. The van der Waals surface area contributed by atoms with Gasteiger partial charge in [0.1, 0.15) is 11.3 Å². The summed E-state index contributed by atoms with van der Waals surface area (Å²) in [5.74, 6) is 0.326. The number of halogens is 1. The summed E-state index contributed by atoms with van der Waals surface area (Å²) in [6.45, 7) is 1.94. The summed E-state index contributed by atoms with van der Waals surface area (Å²) in [4.78, 5) is 32.6. The van der Waals surface area contributed by atoms with Crippen LogP contribution in [0.4, 0.5) is 10.3 Å². The van der Waals surface area contributed by atoms with Crippen LogP contribution < -0.4 is 16.0 Å². The van der Waals surface area contributed by atoms with Gasteiger partial charge in [-0.15, -0.1) is 0 Å². The number of anilines is 1. The summed E-state index contributed by atoms with van der Waals surface area (Å²) in [6.07, 6.45) is 3.35. The second-order valence-electron chi connectivity index (χ2n) is 7.03. The zero-order chi connectivity index (χ0) is 19.1. The molecule has 3 heterocycles. The van der Waals surface area contributed by atoms with Crippen LogP contribution in [0, 0.1) is 5.82 Å². The first-order chi connectivity index (χ1) is 13.0. The normalized spacial score (nSPS) is 14.9. The molecular weight excluding hydrogens is 349 g/mol. The fourth-order valence-electron chi connectivity index (χ4n) is 3.72. The second-order valence-corrected chi connectivity index (χ2v) is 7.03. The van der Waals surface area contributed by atoms with E-state index in [0.717, 1.165) is 31.5 Å². The van der Waals surface area contributed by atoms with E-state index in [9.17, 15) is 14.0 Å². The Morgan fingerprint density at radius 3 is 2.33 bits per heavy atom. The summed E-state index contributed by atoms with van der Waals surface area (Å²) in [5, 5.41) is 0.